The molecule has 0 bridgehead atoms. The summed E-state index contributed by atoms with van der Waals surface area (Å²) in [6.07, 6.45) is 5.19. The molecule has 0 radical (unpaired) electrons. The van der Waals surface area contributed by atoms with E-state index in [1.807, 2.05) is 97.1 Å². The number of aromatic amines is 2. The fourth-order valence-corrected chi connectivity index (χ4v) is 12.7. The highest BCUT2D eigenvalue weighted by Crippen LogP contribution is 2.42. The molecule has 6 aromatic heterocycles. The van der Waals surface area contributed by atoms with E-state index in [1.54, 1.807) is 80.9 Å². The van der Waals surface area contributed by atoms with Gasteiger partial charge in [0, 0.05) is 115 Å². The van der Waals surface area contributed by atoms with Gasteiger partial charge < -0.3 is 84.9 Å². The van der Waals surface area contributed by atoms with Gasteiger partial charge in [-0.2, -0.15) is 0 Å². The molecule has 0 amide bonds. The van der Waals surface area contributed by atoms with E-state index < -0.39 is 102 Å². The molecule has 12 rings (SSSR count). The molecule has 0 saturated carbocycles. The number of rotatable bonds is 1. The maximum atomic E-state index is 14.2. The highest BCUT2D eigenvalue weighted by atomic mass is 35.5. The van der Waals surface area contributed by atoms with Crippen LogP contribution < -0.4 is 44.3 Å². The zero-order chi connectivity index (χ0) is 86.2. The third-order valence-corrected chi connectivity index (χ3v) is 19.2. The van der Waals surface area contributed by atoms with Crippen LogP contribution in [0.3, 0.4) is 0 Å². The number of nitrogens with zero attached hydrogens (tertiary/aromatic N) is 7. The van der Waals surface area contributed by atoms with E-state index in [9.17, 15) is 104 Å². The minimum absolute atomic E-state index is 0.000934. The summed E-state index contributed by atoms with van der Waals surface area (Å²) < 4.78 is 22.7. The summed E-state index contributed by atoms with van der Waals surface area (Å²) in [6, 6.07) is 9.86. The zero-order valence-corrected chi connectivity index (χ0v) is 68.6. The van der Waals surface area contributed by atoms with Crippen molar-refractivity contribution in [2.45, 2.75) is 171 Å². The maximum Gasteiger partial charge on any atom is 0.331 e. The Morgan fingerprint density at radius 1 is 0.407 bits per heavy atom. The molecular weight excluding hydrogens is 1530 g/mol. The number of halogens is 4. The number of aromatic nitrogens is 9. The number of pyridine rings is 3. The number of hydrogen-bond acceptors (Lipinski definition) is 21. The molecule has 33 heteroatoms. The van der Waals surface area contributed by atoms with Crippen LogP contribution in [0.5, 0.6) is 69.0 Å². The van der Waals surface area contributed by atoms with Crippen molar-refractivity contribution in [2.75, 3.05) is 0 Å². The molecule has 606 valence electrons. The van der Waals surface area contributed by atoms with Gasteiger partial charge >= 0.3 is 11.4 Å². The first-order chi connectivity index (χ1) is 51.5. The Morgan fingerprint density at radius 3 is 1.30 bits per heavy atom. The third-order valence-electron chi connectivity index (χ3n) is 18.1. The van der Waals surface area contributed by atoms with Gasteiger partial charge in [-0.1, -0.05) is 118 Å². The van der Waals surface area contributed by atoms with Gasteiger partial charge in [-0.25, -0.2) is 19.0 Å². The topological polar surface area (TPSA) is 453 Å². The highest BCUT2D eigenvalue weighted by molar-refractivity contribution is 6.38. The first-order valence-electron chi connectivity index (χ1n) is 34.9. The highest BCUT2D eigenvalue weighted by Gasteiger charge is 2.30. The molecule has 0 atom stereocenters. The number of H-pyrrole nitrogens is 2. The van der Waals surface area contributed by atoms with Crippen LogP contribution in [0.4, 0.5) is 4.39 Å². The standard InChI is InChI=1S/C15H18FNO3.C14H16ClNO3.C14H17NO3.C13H15ClN2O4.C12H13ClN2O3.C12H14N2O4/c1-5-17-7-8(15(2,3)4)13(19)11-9(17)6-10(18)14(20)12(11)16;1-14(2,3)7-6-16(4)8-5-9(17)13(19)11(15)10(8)12(7)18;1-14(2,3)9-7-15(4)10-6-12(17)11(16)5-8(10)13(9)18;1-13(2,3)16-11(19)8-6(15(4)12(16)20)5-7(17)10(18)9(8)14;1-12(2,3)11-14-8-5(10(18)15-11)4-6(16)9(17)7(8)13;1-12(2,3)14-10(17)6-4-8(15)9(16)5-7(6)13-11(14)18/h6-7,18,20H,5H2,1-4H3;5-6,17,19H,1-4H3;5-7,16-17H,1-4H3;5,17-18H,1-4H3;4,16-17H,1-3H3,(H,14,15,18);4-5,15-16H,1-3H3,(H,13,18). The smallest absolute Gasteiger partial charge is 0.331 e. The van der Waals surface area contributed by atoms with Crippen molar-refractivity contribution in [3.8, 4) is 69.0 Å². The molecule has 0 aliphatic carbocycles. The summed E-state index contributed by atoms with van der Waals surface area (Å²) >= 11 is 17.9. The van der Waals surface area contributed by atoms with E-state index in [-0.39, 0.29) is 114 Å². The maximum absolute atomic E-state index is 14.2. The van der Waals surface area contributed by atoms with E-state index in [4.69, 9.17) is 34.8 Å². The van der Waals surface area contributed by atoms with E-state index in [2.05, 4.69) is 15.0 Å². The number of phenolic OH excluding ortho intramolecular Hbond substituents is 12. The lowest BCUT2D eigenvalue weighted by Crippen LogP contribution is -2.47. The fourth-order valence-electron chi connectivity index (χ4n) is 12.0. The molecule has 0 spiro atoms. The number of aryl methyl sites for hydroxylation is 4. The van der Waals surface area contributed by atoms with Crippen molar-refractivity contribution in [1.29, 1.82) is 0 Å². The van der Waals surface area contributed by atoms with Crippen molar-refractivity contribution in [1.82, 2.24) is 42.4 Å². The molecule has 6 aromatic carbocycles. The summed E-state index contributed by atoms with van der Waals surface area (Å²) in [6.45, 7) is 35.7. The second-order valence-electron chi connectivity index (χ2n) is 33.0. The average molecular weight is 1630 g/mol. The summed E-state index contributed by atoms with van der Waals surface area (Å²) in [4.78, 5) is 108. The van der Waals surface area contributed by atoms with Gasteiger partial charge in [-0.05, 0) is 82.9 Å². The van der Waals surface area contributed by atoms with Crippen LogP contribution in [0.15, 0.2) is 105 Å². The predicted molar refractivity (Wildman–Crippen MR) is 437 cm³/mol. The number of nitrogens with one attached hydrogen (secondary N) is 2. The molecule has 0 aliphatic heterocycles. The lowest BCUT2D eigenvalue weighted by Gasteiger charge is -2.23. The second kappa shape index (κ2) is 31.5. The van der Waals surface area contributed by atoms with Gasteiger partial charge in [0.05, 0.1) is 59.5 Å². The summed E-state index contributed by atoms with van der Waals surface area (Å²) in [5.74, 6) is -6.10. The Kier molecular flexibility index (Phi) is 24.7. The fraction of sp³-hybridized carbons (Fsp3) is 0.362. The first kappa shape index (κ1) is 88.6. The normalized spacial score (nSPS) is 12.0. The van der Waals surface area contributed by atoms with Gasteiger partial charge in [0.1, 0.15) is 21.4 Å². The Morgan fingerprint density at radius 2 is 0.805 bits per heavy atom. The van der Waals surface area contributed by atoms with Crippen molar-refractivity contribution < 1.29 is 65.7 Å². The molecule has 113 heavy (non-hydrogen) atoms. The number of benzene rings is 6. The third kappa shape index (κ3) is 17.7. The molecular formula is C80H93Cl3FN9O20. The minimum Gasteiger partial charge on any atom is -0.504 e. The van der Waals surface area contributed by atoms with Crippen LogP contribution in [-0.2, 0) is 60.4 Å². The van der Waals surface area contributed by atoms with Crippen LogP contribution in [-0.4, -0.2) is 104 Å². The SMILES string of the molecule is CC(C)(C)c1nc2c(Cl)c(O)c(O)cc2c(=O)[nH]1.CC(C)(C)n1c(=O)[nH]c2cc(O)c(O)cc2c1=O.CCn1cc(C(C)(C)C)c(=O)c2c(F)c(O)c(O)cc21.Cn1c(=O)n(C(C)(C)C)c(=O)c2c(Cl)c(O)c(O)cc21.Cn1cc(C(C)(C)C)c(=O)c2c(Cl)c(O)c(O)cc21.Cn1cc(C(C)(C)C)c(=O)c2cc(O)c(O)cc21. The Hall–Kier alpha value is -11.6. The van der Waals surface area contributed by atoms with Crippen LogP contribution in [0.1, 0.15) is 154 Å². The number of aromatic hydroxyl groups is 12. The number of hydrogen-bond donors (Lipinski definition) is 14. The monoisotopic (exact) mass is 1620 g/mol. The molecule has 0 unspecified atom stereocenters. The van der Waals surface area contributed by atoms with Crippen molar-refractivity contribution >= 4 is 100 Å². The Bertz CT molecular complexity index is 6390. The van der Waals surface area contributed by atoms with Crippen molar-refractivity contribution in [3.63, 3.8) is 0 Å². The Balaban J connectivity index is 0.000000188. The minimum atomic E-state index is -1.07. The molecule has 14 N–H and O–H groups in total. The largest absolute Gasteiger partial charge is 0.504 e. The van der Waals surface area contributed by atoms with Gasteiger partial charge in [0.25, 0.3) is 16.7 Å². The summed E-state index contributed by atoms with van der Waals surface area (Å²) in [7, 11) is 5.05. The summed E-state index contributed by atoms with van der Waals surface area (Å²) in [5.41, 5.74) is -2.51. The zero-order valence-electron chi connectivity index (χ0n) is 66.3. The lowest BCUT2D eigenvalue weighted by atomic mass is 9.87. The molecule has 0 fully saturated rings. The van der Waals surface area contributed by atoms with Crippen LogP contribution >= 0.6 is 34.8 Å². The van der Waals surface area contributed by atoms with Gasteiger partial charge in [-0.3, -0.25) is 42.5 Å². The van der Waals surface area contributed by atoms with E-state index in [0.717, 1.165) is 33.4 Å². The van der Waals surface area contributed by atoms with Crippen LogP contribution in [0.25, 0.3) is 65.4 Å². The molecule has 12 aromatic rings. The molecule has 0 aliphatic rings. The van der Waals surface area contributed by atoms with Crippen molar-refractivity contribution in [2.24, 2.45) is 21.1 Å². The van der Waals surface area contributed by atoms with E-state index in [1.165, 1.54) is 35.9 Å². The van der Waals surface area contributed by atoms with Gasteiger partial charge in [0.2, 0.25) is 0 Å². The lowest BCUT2D eigenvalue weighted by molar-refractivity contribution is 0.361. The van der Waals surface area contributed by atoms with Gasteiger partial charge in [0.15, 0.2) is 91.1 Å². The first-order valence-corrected chi connectivity index (χ1v) is 36.0. The second-order valence-corrected chi connectivity index (χ2v) is 34.1. The van der Waals surface area contributed by atoms with Crippen LogP contribution in [0.2, 0.25) is 15.1 Å². The number of fused-ring (bicyclic) bond motifs is 6. The quantitative estimate of drug-likeness (QED) is 0.0679. The molecule has 0 saturated heterocycles. The van der Waals surface area contributed by atoms with E-state index >= 15 is 0 Å². The van der Waals surface area contributed by atoms with Crippen molar-refractivity contribution in [3.05, 3.63) is 193 Å². The molecule has 29 nitrogen and oxygen atoms in total. The molecule has 6 heterocycles. The summed E-state index contributed by atoms with van der Waals surface area (Å²) in [5, 5.41) is 115. The average Bonchev–Trinajstić information content (AvgIpc) is 0.743. The Labute approximate surface area is 659 Å². The predicted octanol–water partition coefficient (Wildman–Crippen LogP) is 12.7. The number of phenols is 12. The van der Waals surface area contributed by atoms with Crippen LogP contribution in [0, 0.1) is 5.82 Å². The van der Waals surface area contributed by atoms with Gasteiger partial charge in [-0.15, -0.1) is 0 Å². The van der Waals surface area contributed by atoms with E-state index in [0.29, 0.717) is 45.5 Å².